The van der Waals surface area contributed by atoms with Gasteiger partial charge in [-0.05, 0) is 111 Å². The van der Waals surface area contributed by atoms with Crippen LogP contribution in [0.3, 0.4) is 0 Å². The summed E-state index contributed by atoms with van der Waals surface area (Å²) in [5.41, 5.74) is 3.94. The number of amides is 1. The Morgan fingerprint density at radius 2 is 1.70 bits per heavy atom. The number of nitrogens with one attached hydrogen (secondary N) is 1. The molecule has 3 aromatic carbocycles. The number of carbonyl (C=O) groups excluding carboxylic acids is 1. The molecule has 3 nitrogen and oxygen atoms in total. The van der Waals surface area contributed by atoms with Crippen LogP contribution in [0.5, 0.6) is 0 Å². The van der Waals surface area contributed by atoms with Crippen molar-refractivity contribution in [3.05, 3.63) is 70.9 Å². The van der Waals surface area contributed by atoms with E-state index in [4.69, 9.17) is 0 Å². The topological polar surface area (TPSA) is 34.0 Å². The summed E-state index contributed by atoms with van der Waals surface area (Å²) in [4.78, 5) is 12.9. The quantitative estimate of drug-likeness (QED) is 0.185. The number of carbonyl (C=O) groups is 1. The highest BCUT2D eigenvalue weighted by atomic mass is 127. The molecule has 0 aliphatic carbocycles. The fraction of sp³-hybridized carbons (Fsp3) is 0.0952. The van der Waals surface area contributed by atoms with Gasteiger partial charge in [-0.15, -0.1) is 0 Å². The van der Waals surface area contributed by atoms with Gasteiger partial charge in [-0.1, -0.05) is 18.2 Å². The first-order valence-corrected chi connectivity index (χ1v) is 11.7. The molecule has 4 aromatic rings. The van der Waals surface area contributed by atoms with Crippen molar-refractivity contribution >= 4 is 101 Å². The van der Waals surface area contributed by atoms with Gasteiger partial charge in [0, 0.05) is 44.7 Å². The maximum atomic E-state index is 12.9. The molecule has 0 atom stereocenters. The van der Waals surface area contributed by atoms with E-state index in [9.17, 15) is 4.79 Å². The van der Waals surface area contributed by atoms with Gasteiger partial charge >= 0.3 is 0 Å². The Balaban J connectivity index is 1.77. The lowest BCUT2D eigenvalue weighted by molar-refractivity contribution is 0.102. The Morgan fingerprint density at radius 1 is 0.963 bits per heavy atom. The highest BCUT2D eigenvalue weighted by Gasteiger charge is 2.15. The fourth-order valence-corrected chi connectivity index (χ4v) is 5.79. The summed E-state index contributed by atoms with van der Waals surface area (Å²) in [6, 6.07) is 18.6. The van der Waals surface area contributed by atoms with Crippen LogP contribution in [0.25, 0.3) is 21.8 Å². The molecule has 1 aromatic heterocycles. The van der Waals surface area contributed by atoms with Gasteiger partial charge in [0.25, 0.3) is 5.91 Å². The average Bonchev–Trinajstić information content (AvgIpc) is 2.97. The lowest BCUT2D eigenvalue weighted by Gasteiger charge is -2.10. The number of aromatic nitrogens is 1. The normalized spacial score (nSPS) is 11.3. The van der Waals surface area contributed by atoms with E-state index in [0.29, 0.717) is 5.56 Å². The standard InChI is InChI=1S/C21H15I3N2O/c1-2-26-18-6-4-3-5-14(18)15-11-13(7-8-19(15)26)25-21(27)16-9-12(22)10-17(23)20(16)24/h3-11H,2H2,1H3,(H,25,27). The number of anilines is 1. The maximum absolute atomic E-state index is 12.9. The number of aryl methyl sites for hydroxylation is 1. The van der Waals surface area contributed by atoms with Crippen molar-refractivity contribution in [2.24, 2.45) is 0 Å². The lowest BCUT2D eigenvalue weighted by Crippen LogP contribution is -2.14. The fourth-order valence-electron chi connectivity index (χ4n) is 3.39. The largest absolute Gasteiger partial charge is 0.341 e. The van der Waals surface area contributed by atoms with Crippen LogP contribution in [-0.2, 0) is 6.54 Å². The SMILES string of the molecule is CCn1c2ccccc2c2cc(NC(=O)c3cc(I)cc(I)c3I)ccc21. The maximum Gasteiger partial charge on any atom is 0.256 e. The third-order valence-corrected chi connectivity index (χ3v) is 8.25. The molecule has 0 spiro atoms. The number of fused-ring (bicyclic) bond motifs is 3. The molecule has 1 N–H and O–H groups in total. The molecule has 4 rings (SSSR count). The molecule has 1 amide bonds. The smallest absolute Gasteiger partial charge is 0.256 e. The van der Waals surface area contributed by atoms with E-state index in [0.717, 1.165) is 28.3 Å². The van der Waals surface area contributed by atoms with Crippen molar-refractivity contribution in [2.45, 2.75) is 13.5 Å². The summed E-state index contributed by atoms with van der Waals surface area (Å²) in [6.45, 7) is 3.07. The van der Waals surface area contributed by atoms with Gasteiger partial charge in [0.2, 0.25) is 0 Å². The molecule has 0 radical (unpaired) electrons. The zero-order valence-corrected chi connectivity index (χ0v) is 20.9. The van der Waals surface area contributed by atoms with Crippen LogP contribution in [0.4, 0.5) is 5.69 Å². The first-order chi connectivity index (χ1) is 13.0. The Bertz CT molecular complexity index is 1200. The molecule has 0 saturated carbocycles. The van der Waals surface area contributed by atoms with Gasteiger partial charge < -0.3 is 9.88 Å². The minimum absolute atomic E-state index is 0.0746. The number of rotatable bonds is 3. The number of benzene rings is 3. The van der Waals surface area contributed by atoms with E-state index in [1.54, 1.807) is 0 Å². The summed E-state index contributed by atoms with van der Waals surface area (Å²) in [6.07, 6.45) is 0. The number of para-hydroxylation sites is 1. The van der Waals surface area contributed by atoms with Crippen molar-refractivity contribution in [3.8, 4) is 0 Å². The van der Waals surface area contributed by atoms with E-state index in [1.807, 2.05) is 12.1 Å². The lowest BCUT2D eigenvalue weighted by atomic mass is 10.1. The van der Waals surface area contributed by atoms with Crippen LogP contribution in [0, 0.1) is 10.7 Å². The first kappa shape index (κ1) is 19.4. The molecule has 6 heteroatoms. The molecule has 27 heavy (non-hydrogen) atoms. The first-order valence-electron chi connectivity index (χ1n) is 8.46. The van der Waals surface area contributed by atoms with Crippen LogP contribution in [0.2, 0.25) is 0 Å². The summed E-state index contributed by atoms with van der Waals surface area (Å²) in [5.74, 6) is -0.0746. The molecular formula is C21H15I3N2O. The van der Waals surface area contributed by atoms with Crippen molar-refractivity contribution in [2.75, 3.05) is 5.32 Å². The van der Waals surface area contributed by atoms with E-state index in [2.05, 4.69) is 127 Å². The van der Waals surface area contributed by atoms with Crippen LogP contribution in [-0.4, -0.2) is 10.5 Å². The highest BCUT2D eigenvalue weighted by molar-refractivity contribution is 14.1. The molecule has 136 valence electrons. The Kier molecular flexibility index (Phi) is 5.66. The summed E-state index contributed by atoms with van der Waals surface area (Å²) < 4.78 is 5.44. The molecule has 0 saturated heterocycles. The van der Waals surface area contributed by atoms with E-state index in [-0.39, 0.29) is 5.91 Å². The summed E-state index contributed by atoms with van der Waals surface area (Å²) in [7, 11) is 0. The average molecular weight is 692 g/mol. The Labute approximate surface area is 198 Å². The number of hydrogen-bond acceptors (Lipinski definition) is 1. The molecule has 0 bridgehead atoms. The van der Waals surface area contributed by atoms with Crippen LogP contribution in [0.1, 0.15) is 17.3 Å². The number of halogens is 3. The van der Waals surface area contributed by atoms with Crippen molar-refractivity contribution < 1.29 is 4.79 Å². The van der Waals surface area contributed by atoms with Crippen molar-refractivity contribution in [3.63, 3.8) is 0 Å². The molecule has 0 aliphatic rings. The second kappa shape index (κ2) is 7.86. The predicted molar refractivity (Wildman–Crippen MR) is 138 cm³/mol. The van der Waals surface area contributed by atoms with E-state index >= 15 is 0 Å². The minimum atomic E-state index is -0.0746. The number of nitrogens with zero attached hydrogens (tertiary/aromatic N) is 1. The van der Waals surface area contributed by atoms with Gasteiger partial charge in [-0.3, -0.25) is 4.79 Å². The van der Waals surface area contributed by atoms with Gasteiger partial charge in [0.1, 0.15) is 0 Å². The molecular weight excluding hydrogens is 677 g/mol. The van der Waals surface area contributed by atoms with Gasteiger partial charge in [-0.2, -0.15) is 0 Å². The molecule has 0 aliphatic heterocycles. The van der Waals surface area contributed by atoms with Gasteiger partial charge in [0.15, 0.2) is 0 Å². The zero-order chi connectivity index (χ0) is 19.1. The highest BCUT2D eigenvalue weighted by Crippen LogP contribution is 2.31. The molecule has 0 unspecified atom stereocenters. The van der Waals surface area contributed by atoms with Crippen LogP contribution < -0.4 is 5.32 Å². The summed E-state index contributed by atoms with van der Waals surface area (Å²) >= 11 is 6.76. The number of hydrogen-bond donors (Lipinski definition) is 1. The second-order valence-corrected chi connectivity index (χ2v) is 9.68. The predicted octanol–water partition coefficient (Wildman–Crippen LogP) is 6.88. The third-order valence-electron chi connectivity index (χ3n) is 4.58. The van der Waals surface area contributed by atoms with Crippen LogP contribution in [0.15, 0.2) is 54.6 Å². The molecule has 1 heterocycles. The zero-order valence-electron chi connectivity index (χ0n) is 14.4. The van der Waals surface area contributed by atoms with E-state index in [1.165, 1.54) is 16.4 Å². The van der Waals surface area contributed by atoms with Crippen molar-refractivity contribution in [1.82, 2.24) is 4.57 Å². The minimum Gasteiger partial charge on any atom is -0.341 e. The van der Waals surface area contributed by atoms with Gasteiger partial charge in [-0.25, -0.2) is 0 Å². The third kappa shape index (κ3) is 3.59. The summed E-state index contributed by atoms with van der Waals surface area (Å²) in [5, 5.41) is 5.45. The van der Waals surface area contributed by atoms with Crippen LogP contribution >= 0.6 is 67.8 Å². The Hall–Kier alpha value is -0.880. The molecule has 0 fully saturated rings. The monoisotopic (exact) mass is 692 g/mol. The second-order valence-electron chi connectivity index (χ2n) is 6.20. The van der Waals surface area contributed by atoms with Gasteiger partial charge in [0.05, 0.1) is 5.56 Å². The van der Waals surface area contributed by atoms with E-state index < -0.39 is 0 Å². The Morgan fingerprint density at radius 3 is 2.48 bits per heavy atom. The van der Waals surface area contributed by atoms with Crippen molar-refractivity contribution in [1.29, 1.82) is 0 Å².